The van der Waals surface area contributed by atoms with Gasteiger partial charge >= 0.3 is 6.18 Å². The first-order valence-electron chi connectivity index (χ1n) is 9.39. The average molecular weight is 454 g/mol. The molecule has 1 amide bonds. The molecule has 8 heteroatoms. The van der Waals surface area contributed by atoms with E-state index >= 15 is 0 Å². The van der Waals surface area contributed by atoms with Gasteiger partial charge in [0.05, 0.1) is 21.3 Å². The first-order valence-corrected chi connectivity index (χ1v) is 10.1. The number of para-hydroxylation sites is 1. The Morgan fingerprint density at radius 2 is 1.70 bits per heavy atom. The number of halogens is 5. The third kappa shape index (κ3) is 3.63. The van der Waals surface area contributed by atoms with Crippen molar-refractivity contribution in [2.24, 2.45) is 0 Å². The lowest BCUT2D eigenvalue weighted by atomic mass is 9.77. The number of carbonyl (C=O) groups is 2. The minimum atomic E-state index is -4.63. The van der Waals surface area contributed by atoms with Gasteiger partial charge in [-0.1, -0.05) is 41.4 Å². The van der Waals surface area contributed by atoms with Gasteiger partial charge in [-0.2, -0.15) is 13.2 Å². The summed E-state index contributed by atoms with van der Waals surface area (Å²) in [5.41, 5.74) is 0.219. The lowest BCUT2D eigenvalue weighted by Crippen LogP contribution is -2.41. The number of rotatable bonds is 2. The maximum absolute atomic E-state index is 13.6. The van der Waals surface area contributed by atoms with Crippen LogP contribution >= 0.6 is 23.2 Å². The molecule has 2 aliphatic rings. The molecule has 1 heterocycles. The zero-order valence-corrected chi connectivity index (χ0v) is 17.1. The fraction of sp³-hybridized carbons (Fsp3) is 0.273. The average Bonchev–Trinajstić information content (AvgIpc) is 2.69. The Morgan fingerprint density at radius 3 is 2.40 bits per heavy atom. The van der Waals surface area contributed by atoms with Crippen LogP contribution < -0.4 is 4.90 Å². The quantitative estimate of drug-likeness (QED) is 0.517. The van der Waals surface area contributed by atoms with Crippen molar-refractivity contribution in [3.8, 4) is 0 Å². The molecule has 0 fully saturated rings. The van der Waals surface area contributed by atoms with Gasteiger partial charge in [-0.15, -0.1) is 0 Å². The highest BCUT2D eigenvalue weighted by Gasteiger charge is 2.43. The van der Waals surface area contributed by atoms with Gasteiger partial charge in [-0.25, -0.2) is 0 Å². The smallest absolute Gasteiger partial charge is 0.294 e. The largest absolute Gasteiger partial charge is 0.418 e. The number of Topliss-reactive ketones (excluding diaryl/α,β-unsaturated/α-hetero) is 1. The second-order valence-corrected chi connectivity index (χ2v) is 8.13. The summed E-state index contributed by atoms with van der Waals surface area (Å²) in [4.78, 5) is 27.1. The minimum absolute atomic E-state index is 0.130. The van der Waals surface area contributed by atoms with E-state index in [0.29, 0.717) is 41.1 Å². The Bertz CT molecular complexity index is 1080. The van der Waals surface area contributed by atoms with Gasteiger partial charge in [0.1, 0.15) is 0 Å². The summed E-state index contributed by atoms with van der Waals surface area (Å²) in [6.45, 7) is 0. The van der Waals surface area contributed by atoms with Crippen molar-refractivity contribution in [1.82, 2.24) is 0 Å². The molecule has 3 nitrogen and oxygen atoms in total. The number of anilines is 1. The SMILES string of the molecule is O=C1CCCC2=C1C(c1ccc(Cl)c(Cl)c1)CC(=O)N2c1ccccc1C(F)(F)F. The Morgan fingerprint density at radius 1 is 0.967 bits per heavy atom. The molecule has 0 saturated carbocycles. The van der Waals surface area contributed by atoms with E-state index in [1.807, 2.05) is 0 Å². The lowest BCUT2D eigenvalue weighted by Gasteiger charge is -2.39. The molecule has 1 unspecified atom stereocenters. The molecule has 0 saturated heterocycles. The summed E-state index contributed by atoms with van der Waals surface area (Å²) in [5.74, 6) is -1.21. The first kappa shape index (κ1) is 20.9. The Kier molecular flexibility index (Phi) is 5.41. The number of ketones is 1. The summed E-state index contributed by atoms with van der Waals surface area (Å²) in [5, 5.41) is 0.629. The van der Waals surface area contributed by atoms with Crippen molar-refractivity contribution in [2.75, 3.05) is 4.90 Å². The number of hydrogen-bond donors (Lipinski definition) is 0. The highest BCUT2D eigenvalue weighted by molar-refractivity contribution is 6.42. The van der Waals surface area contributed by atoms with Crippen LogP contribution in [0.15, 0.2) is 53.7 Å². The van der Waals surface area contributed by atoms with Crippen LogP contribution in [0, 0.1) is 0 Å². The van der Waals surface area contributed by atoms with Crippen LogP contribution in [0.1, 0.15) is 42.7 Å². The van der Waals surface area contributed by atoms with E-state index in [9.17, 15) is 22.8 Å². The Labute approximate surface area is 181 Å². The fourth-order valence-electron chi connectivity index (χ4n) is 4.19. The topological polar surface area (TPSA) is 37.4 Å². The summed E-state index contributed by atoms with van der Waals surface area (Å²) >= 11 is 12.1. The van der Waals surface area contributed by atoms with Crippen LogP contribution in [0.4, 0.5) is 18.9 Å². The molecule has 0 spiro atoms. The molecular formula is C22H16Cl2F3NO2. The normalized spacial score (nSPS) is 19.9. The predicted octanol–water partition coefficient (Wildman–Crippen LogP) is 6.54. The molecule has 0 N–H and O–H groups in total. The van der Waals surface area contributed by atoms with Crippen LogP contribution in [0.3, 0.4) is 0 Å². The van der Waals surface area contributed by atoms with Crippen LogP contribution in [0.5, 0.6) is 0 Å². The molecule has 0 aromatic heterocycles. The maximum Gasteiger partial charge on any atom is 0.418 e. The Hall–Kier alpha value is -2.31. The van der Waals surface area contributed by atoms with E-state index in [0.717, 1.165) is 11.0 Å². The highest BCUT2D eigenvalue weighted by Crippen LogP contribution is 2.46. The predicted molar refractivity (Wildman–Crippen MR) is 109 cm³/mol. The molecule has 0 radical (unpaired) electrons. The van der Waals surface area contributed by atoms with Gasteiger partial charge in [0.15, 0.2) is 5.78 Å². The molecule has 1 atom stereocenters. The molecule has 30 heavy (non-hydrogen) atoms. The van der Waals surface area contributed by atoms with E-state index in [-0.39, 0.29) is 22.9 Å². The molecular weight excluding hydrogens is 438 g/mol. The third-order valence-electron chi connectivity index (χ3n) is 5.47. The maximum atomic E-state index is 13.6. The molecule has 156 valence electrons. The van der Waals surface area contributed by atoms with Gasteiger partial charge in [0.25, 0.3) is 0 Å². The minimum Gasteiger partial charge on any atom is -0.294 e. The van der Waals surface area contributed by atoms with Crippen LogP contribution in [0.25, 0.3) is 0 Å². The van der Waals surface area contributed by atoms with Crippen molar-refractivity contribution in [3.63, 3.8) is 0 Å². The van der Waals surface area contributed by atoms with E-state index in [4.69, 9.17) is 23.2 Å². The number of alkyl halides is 3. The molecule has 1 aliphatic carbocycles. The van der Waals surface area contributed by atoms with Gasteiger partial charge in [0.2, 0.25) is 5.91 Å². The van der Waals surface area contributed by atoms with E-state index in [2.05, 4.69) is 0 Å². The molecule has 4 rings (SSSR count). The van der Waals surface area contributed by atoms with Gasteiger partial charge < -0.3 is 0 Å². The third-order valence-corrected chi connectivity index (χ3v) is 6.21. The van der Waals surface area contributed by atoms with Crippen molar-refractivity contribution >= 4 is 40.6 Å². The summed E-state index contributed by atoms with van der Waals surface area (Å²) in [7, 11) is 0. The molecule has 2 aromatic carbocycles. The number of carbonyl (C=O) groups excluding carboxylic acids is 2. The molecule has 2 aromatic rings. The number of allylic oxidation sites excluding steroid dienone is 2. The number of amides is 1. The summed E-state index contributed by atoms with van der Waals surface area (Å²) < 4.78 is 40.8. The van der Waals surface area contributed by atoms with Crippen molar-refractivity contribution in [2.45, 2.75) is 37.8 Å². The van der Waals surface area contributed by atoms with Gasteiger partial charge in [0, 0.05) is 30.0 Å². The number of hydrogen-bond acceptors (Lipinski definition) is 2. The van der Waals surface area contributed by atoms with Gasteiger partial charge in [-0.3, -0.25) is 14.5 Å². The van der Waals surface area contributed by atoms with Crippen molar-refractivity contribution in [1.29, 1.82) is 0 Å². The zero-order valence-electron chi connectivity index (χ0n) is 15.6. The zero-order chi connectivity index (χ0) is 21.6. The first-order chi connectivity index (χ1) is 14.2. The van der Waals surface area contributed by atoms with Crippen molar-refractivity contribution < 1.29 is 22.8 Å². The molecule has 0 bridgehead atoms. The second-order valence-electron chi connectivity index (χ2n) is 7.31. The highest BCUT2D eigenvalue weighted by atomic mass is 35.5. The fourth-order valence-corrected chi connectivity index (χ4v) is 4.50. The van der Waals surface area contributed by atoms with Crippen LogP contribution in [0.2, 0.25) is 10.0 Å². The Balaban J connectivity index is 1.90. The van der Waals surface area contributed by atoms with Gasteiger partial charge in [-0.05, 0) is 42.7 Å². The van der Waals surface area contributed by atoms with E-state index in [1.165, 1.54) is 18.2 Å². The summed E-state index contributed by atoms with van der Waals surface area (Å²) in [6.07, 6.45) is -3.65. The summed E-state index contributed by atoms with van der Waals surface area (Å²) in [6, 6.07) is 9.82. The van der Waals surface area contributed by atoms with E-state index in [1.54, 1.807) is 18.2 Å². The monoisotopic (exact) mass is 453 g/mol. The standard InChI is InChI=1S/C22H16Cl2F3NO2/c23-15-9-8-12(10-16(15)24)13-11-20(30)28(18-6-3-7-19(29)21(13)18)17-5-2-1-4-14(17)22(25,26)27/h1-2,4-5,8-10,13H,3,6-7,11H2. The number of benzene rings is 2. The van der Waals surface area contributed by atoms with Crippen LogP contribution in [-0.4, -0.2) is 11.7 Å². The van der Waals surface area contributed by atoms with Crippen molar-refractivity contribution in [3.05, 3.63) is 74.9 Å². The number of nitrogens with zero attached hydrogens (tertiary/aromatic N) is 1. The second kappa shape index (κ2) is 7.75. The molecule has 1 aliphatic heterocycles. The van der Waals surface area contributed by atoms with Crippen LogP contribution in [-0.2, 0) is 15.8 Å². The van der Waals surface area contributed by atoms with E-state index < -0.39 is 23.6 Å². The lowest BCUT2D eigenvalue weighted by molar-refractivity contribution is -0.137.